The van der Waals surface area contributed by atoms with Gasteiger partial charge >= 0.3 is 11.9 Å². The minimum Gasteiger partial charge on any atom is -0.427 e. The lowest BCUT2D eigenvalue weighted by Crippen LogP contribution is -2.63. The molecule has 11 heteroatoms. The first kappa shape index (κ1) is 24.4. The minimum atomic E-state index is -0.799. The van der Waals surface area contributed by atoms with Crippen LogP contribution in [0.3, 0.4) is 0 Å². The molecule has 0 aromatic rings. The normalized spacial score (nSPS) is 28.2. The Morgan fingerprint density at radius 1 is 1.30 bits per heavy atom. The zero-order valence-electron chi connectivity index (χ0n) is 19.6. The quantitative estimate of drug-likeness (QED) is 0.333. The Kier molecular flexibility index (Phi) is 6.76. The molecule has 0 bridgehead atoms. The Balaban J connectivity index is 1.47. The summed E-state index contributed by atoms with van der Waals surface area (Å²) in [6.45, 7) is 10.7. The van der Waals surface area contributed by atoms with Crippen molar-refractivity contribution in [2.75, 3.05) is 32.2 Å². The first-order chi connectivity index (χ1) is 15.5. The van der Waals surface area contributed by atoms with Crippen LogP contribution in [0.15, 0.2) is 15.6 Å². The summed E-state index contributed by atoms with van der Waals surface area (Å²) in [7, 11) is 0. The van der Waals surface area contributed by atoms with Gasteiger partial charge in [0.05, 0.1) is 30.0 Å². The van der Waals surface area contributed by atoms with Gasteiger partial charge in [0, 0.05) is 34.9 Å². The summed E-state index contributed by atoms with van der Waals surface area (Å²) < 4.78 is 10.3. The highest BCUT2D eigenvalue weighted by Gasteiger charge is 2.60. The predicted octanol–water partition coefficient (Wildman–Crippen LogP) is 1.67. The topological polar surface area (TPSA) is 109 Å². The second-order valence-electron chi connectivity index (χ2n) is 9.86. The van der Waals surface area contributed by atoms with E-state index >= 15 is 0 Å². The lowest BCUT2D eigenvalue weighted by molar-refractivity contribution is -0.175. The highest BCUT2D eigenvalue weighted by Crippen LogP contribution is 2.52. The van der Waals surface area contributed by atoms with Gasteiger partial charge in [0.25, 0.3) is 0 Å². The monoisotopic (exact) mass is 497 g/mol. The van der Waals surface area contributed by atoms with Crippen molar-refractivity contribution in [1.82, 2.24) is 9.80 Å². The van der Waals surface area contributed by atoms with Gasteiger partial charge < -0.3 is 24.4 Å². The maximum Gasteiger partial charge on any atom is 0.358 e. The van der Waals surface area contributed by atoms with Gasteiger partial charge in [-0.25, -0.2) is 4.79 Å². The molecule has 0 saturated carbocycles. The number of fused-ring (bicyclic) bond motifs is 1. The average molecular weight is 498 g/mol. The van der Waals surface area contributed by atoms with Gasteiger partial charge in [-0.3, -0.25) is 14.6 Å². The second kappa shape index (κ2) is 9.14. The van der Waals surface area contributed by atoms with Gasteiger partial charge in [0.2, 0.25) is 12.7 Å². The molecule has 1 N–H and O–H groups in total. The van der Waals surface area contributed by atoms with E-state index in [1.165, 1.54) is 4.90 Å². The zero-order chi connectivity index (χ0) is 24.1. The molecule has 1 amide bonds. The standard InChI is InChI=1S/C22H31N3O6S2/c1-11-15-14(12(2)26)18(27)25(15)16(19(28)30-10-31-20(29)22(3,4)5)17(11)33-13-8-24(9-13)21-23-6-7-32-21/h11-15,26H,6-10H2,1-5H3/t11-,12-,14-,15+/m1/s1. The van der Waals surface area contributed by atoms with Crippen LogP contribution in [0.4, 0.5) is 0 Å². The summed E-state index contributed by atoms with van der Waals surface area (Å²) in [4.78, 5) is 46.8. The van der Waals surface area contributed by atoms with Crippen molar-refractivity contribution in [2.45, 2.75) is 52.0 Å². The molecule has 9 nitrogen and oxygen atoms in total. The van der Waals surface area contributed by atoms with Crippen LogP contribution in [-0.4, -0.2) is 87.5 Å². The molecule has 4 aliphatic heterocycles. The molecule has 2 saturated heterocycles. The smallest absolute Gasteiger partial charge is 0.358 e. The number of carbonyl (C=O) groups excluding carboxylic acids is 3. The summed E-state index contributed by atoms with van der Waals surface area (Å²) in [6, 6.07) is -0.273. The largest absolute Gasteiger partial charge is 0.427 e. The summed E-state index contributed by atoms with van der Waals surface area (Å²) >= 11 is 3.36. The van der Waals surface area contributed by atoms with Gasteiger partial charge in [-0.1, -0.05) is 18.7 Å². The molecular formula is C22H31N3O6S2. The molecule has 4 aliphatic rings. The van der Waals surface area contributed by atoms with E-state index in [0.717, 1.165) is 35.5 Å². The van der Waals surface area contributed by atoms with E-state index in [2.05, 4.69) is 9.89 Å². The predicted molar refractivity (Wildman–Crippen MR) is 126 cm³/mol. The molecule has 0 radical (unpaired) electrons. The molecule has 0 aromatic carbocycles. The third-order valence-corrected chi connectivity index (χ3v) is 8.76. The number of ether oxygens (including phenoxy) is 2. The van der Waals surface area contributed by atoms with Crippen LogP contribution in [0.25, 0.3) is 0 Å². The molecule has 0 aromatic heterocycles. The average Bonchev–Trinajstić information content (AvgIpc) is 3.29. The number of hydrogen-bond acceptors (Lipinski definition) is 10. The van der Waals surface area contributed by atoms with Crippen LogP contribution in [0.1, 0.15) is 34.6 Å². The molecule has 0 aliphatic carbocycles. The van der Waals surface area contributed by atoms with Gasteiger partial charge in [-0.15, -0.1) is 11.8 Å². The molecule has 4 atom stereocenters. The number of hydrogen-bond donors (Lipinski definition) is 1. The number of aliphatic hydroxyl groups is 1. The Hall–Kier alpha value is -1.72. The van der Waals surface area contributed by atoms with Crippen LogP contribution in [0.5, 0.6) is 0 Å². The Labute approximate surface area is 202 Å². The minimum absolute atomic E-state index is 0.0979. The number of aliphatic hydroxyl groups excluding tert-OH is 1. The van der Waals surface area contributed by atoms with Gasteiger partial charge in [-0.2, -0.15) is 0 Å². The summed E-state index contributed by atoms with van der Waals surface area (Å²) in [5.41, 5.74) is -0.493. The van der Waals surface area contributed by atoms with Crippen molar-refractivity contribution in [3.8, 4) is 0 Å². The van der Waals surface area contributed by atoms with E-state index in [4.69, 9.17) is 9.47 Å². The number of aliphatic imine (C=N–C) groups is 1. The number of rotatable bonds is 6. The van der Waals surface area contributed by atoms with Gasteiger partial charge in [-0.05, 0) is 27.7 Å². The number of thioether (sulfide) groups is 2. The second-order valence-corrected chi connectivity index (χ2v) is 12.3. The number of amides is 1. The summed E-state index contributed by atoms with van der Waals surface area (Å²) in [6.07, 6.45) is -0.799. The van der Waals surface area contributed by atoms with Crippen LogP contribution in [0, 0.1) is 17.3 Å². The van der Waals surface area contributed by atoms with Crippen molar-refractivity contribution in [1.29, 1.82) is 0 Å². The fraction of sp³-hybridized carbons (Fsp3) is 0.727. The number of nitrogens with zero attached hydrogens (tertiary/aromatic N) is 3. The number of esters is 2. The van der Waals surface area contributed by atoms with Crippen molar-refractivity contribution < 1.29 is 29.0 Å². The Morgan fingerprint density at radius 2 is 2.00 bits per heavy atom. The number of amidine groups is 1. The molecular weight excluding hydrogens is 466 g/mol. The van der Waals surface area contributed by atoms with E-state index in [-0.39, 0.29) is 28.8 Å². The van der Waals surface area contributed by atoms with Crippen molar-refractivity contribution in [3.63, 3.8) is 0 Å². The van der Waals surface area contributed by atoms with E-state index in [1.807, 2.05) is 6.92 Å². The molecule has 4 rings (SSSR count). The van der Waals surface area contributed by atoms with E-state index in [9.17, 15) is 19.5 Å². The first-order valence-corrected chi connectivity index (χ1v) is 13.1. The Morgan fingerprint density at radius 3 is 2.58 bits per heavy atom. The maximum atomic E-state index is 13.0. The molecule has 4 heterocycles. The molecule has 2 fully saturated rings. The molecule has 0 unspecified atom stereocenters. The summed E-state index contributed by atoms with van der Waals surface area (Å²) in [5.74, 6) is -1.06. The van der Waals surface area contributed by atoms with Crippen molar-refractivity contribution in [2.24, 2.45) is 22.2 Å². The number of carbonyl (C=O) groups is 3. The SMILES string of the molecule is C[C@@H](O)[C@H]1C(=O)N2C(C(=O)OCOC(=O)C(C)(C)C)=C(SC3CN(C4=NCCS4)C3)[C@H](C)[C@@H]12. The van der Waals surface area contributed by atoms with E-state index in [1.54, 1.807) is 51.2 Å². The fourth-order valence-electron chi connectivity index (χ4n) is 4.45. The van der Waals surface area contributed by atoms with Crippen LogP contribution < -0.4 is 0 Å². The highest BCUT2D eigenvalue weighted by atomic mass is 32.2. The molecule has 182 valence electrons. The third kappa shape index (κ3) is 4.51. The third-order valence-electron chi connectivity index (χ3n) is 6.28. The van der Waals surface area contributed by atoms with E-state index < -0.39 is 36.2 Å². The Bertz CT molecular complexity index is 906. The van der Waals surface area contributed by atoms with Gasteiger partial charge in [0.15, 0.2) is 5.17 Å². The van der Waals surface area contributed by atoms with Crippen LogP contribution in [-0.2, 0) is 23.9 Å². The molecule has 0 spiro atoms. The van der Waals surface area contributed by atoms with Crippen LogP contribution in [0.2, 0.25) is 0 Å². The fourth-order valence-corrected chi connectivity index (χ4v) is 6.85. The molecule has 33 heavy (non-hydrogen) atoms. The van der Waals surface area contributed by atoms with Crippen LogP contribution >= 0.6 is 23.5 Å². The first-order valence-electron chi connectivity index (χ1n) is 11.2. The number of β-lactam (4-membered cyclic amide) rings is 1. The van der Waals surface area contributed by atoms with Crippen molar-refractivity contribution in [3.05, 3.63) is 10.6 Å². The van der Waals surface area contributed by atoms with Crippen molar-refractivity contribution >= 4 is 46.5 Å². The number of likely N-dealkylation sites (tertiary alicyclic amines) is 1. The highest BCUT2D eigenvalue weighted by molar-refractivity contribution is 8.14. The zero-order valence-corrected chi connectivity index (χ0v) is 21.2. The summed E-state index contributed by atoms with van der Waals surface area (Å²) in [5, 5.41) is 11.5. The lowest BCUT2D eigenvalue weighted by Gasteiger charge is -2.46. The lowest BCUT2D eigenvalue weighted by atomic mass is 9.79. The van der Waals surface area contributed by atoms with E-state index in [0.29, 0.717) is 0 Å². The maximum absolute atomic E-state index is 13.0. The van der Waals surface area contributed by atoms with Gasteiger partial charge in [0.1, 0.15) is 5.70 Å².